The van der Waals surface area contributed by atoms with E-state index in [0.29, 0.717) is 24.6 Å². The highest BCUT2D eigenvalue weighted by Crippen LogP contribution is 2.25. The average Bonchev–Trinajstić information content (AvgIpc) is 2.77. The number of benzene rings is 2. The summed E-state index contributed by atoms with van der Waals surface area (Å²) in [6, 6.07) is 14.9. The van der Waals surface area contributed by atoms with Gasteiger partial charge in [0.2, 0.25) is 0 Å². The molecule has 0 saturated heterocycles. The van der Waals surface area contributed by atoms with E-state index < -0.39 is 5.97 Å². The predicted molar refractivity (Wildman–Crippen MR) is 105 cm³/mol. The van der Waals surface area contributed by atoms with Crippen LogP contribution in [-0.2, 0) is 9.53 Å². The van der Waals surface area contributed by atoms with Crippen molar-refractivity contribution < 1.29 is 23.8 Å². The van der Waals surface area contributed by atoms with Crippen LogP contribution in [0.15, 0.2) is 54.6 Å². The van der Waals surface area contributed by atoms with E-state index in [9.17, 15) is 9.59 Å². The highest BCUT2D eigenvalue weighted by molar-refractivity contribution is 5.94. The summed E-state index contributed by atoms with van der Waals surface area (Å²) in [5.74, 6) is 0.0820. The highest BCUT2D eigenvalue weighted by atomic mass is 16.5. The standard InChI is InChI=1S/C22H23NO5/c1-26-18-8-9-19(20(14-18)27-2)22(25)28-15-21(24)23-12-10-17(11-13-23)16-6-4-3-5-7-16/h3-10,14H,11-13,15H2,1-2H3. The number of carbonyl (C=O) groups excluding carboxylic acids is 2. The molecule has 6 nitrogen and oxygen atoms in total. The molecule has 1 heterocycles. The summed E-state index contributed by atoms with van der Waals surface area (Å²) in [5.41, 5.74) is 2.65. The van der Waals surface area contributed by atoms with Crippen LogP contribution in [0, 0.1) is 0 Å². The first-order chi connectivity index (χ1) is 13.6. The minimum Gasteiger partial charge on any atom is -0.497 e. The monoisotopic (exact) mass is 381 g/mol. The van der Waals surface area contributed by atoms with Crippen molar-refractivity contribution in [3.8, 4) is 11.5 Å². The molecule has 3 rings (SSSR count). The molecule has 2 aromatic rings. The number of esters is 1. The number of hydrogen-bond acceptors (Lipinski definition) is 5. The van der Waals surface area contributed by atoms with Gasteiger partial charge in [-0.25, -0.2) is 4.79 Å². The zero-order valence-electron chi connectivity index (χ0n) is 16.0. The van der Waals surface area contributed by atoms with Crippen LogP contribution in [0.25, 0.3) is 5.57 Å². The predicted octanol–water partition coefficient (Wildman–Crippen LogP) is 3.18. The smallest absolute Gasteiger partial charge is 0.342 e. The molecule has 6 heteroatoms. The van der Waals surface area contributed by atoms with Crippen LogP contribution in [0.4, 0.5) is 0 Å². The molecule has 0 saturated carbocycles. The fourth-order valence-electron chi connectivity index (χ4n) is 3.07. The Bertz CT molecular complexity index is 876. The van der Waals surface area contributed by atoms with Crippen LogP contribution < -0.4 is 9.47 Å². The third-order valence-electron chi connectivity index (χ3n) is 4.66. The van der Waals surface area contributed by atoms with Gasteiger partial charge >= 0.3 is 5.97 Å². The zero-order chi connectivity index (χ0) is 19.9. The molecule has 0 bridgehead atoms. The van der Waals surface area contributed by atoms with E-state index in [-0.39, 0.29) is 18.1 Å². The third kappa shape index (κ3) is 4.52. The number of amides is 1. The summed E-state index contributed by atoms with van der Waals surface area (Å²) in [7, 11) is 2.99. The largest absolute Gasteiger partial charge is 0.497 e. The van der Waals surface area contributed by atoms with Gasteiger partial charge in [0.1, 0.15) is 17.1 Å². The van der Waals surface area contributed by atoms with Crippen molar-refractivity contribution in [1.82, 2.24) is 4.90 Å². The lowest BCUT2D eigenvalue weighted by molar-refractivity contribution is -0.134. The van der Waals surface area contributed by atoms with Gasteiger partial charge in [0.25, 0.3) is 5.91 Å². The first-order valence-electron chi connectivity index (χ1n) is 9.03. The van der Waals surface area contributed by atoms with E-state index in [1.54, 1.807) is 23.1 Å². The second kappa shape index (κ2) is 9.08. The van der Waals surface area contributed by atoms with Gasteiger partial charge in [0, 0.05) is 19.2 Å². The first-order valence-corrected chi connectivity index (χ1v) is 9.03. The van der Waals surface area contributed by atoms with E-state index in [1.807, 2.05) is 24.3 Å². The van der Waals surface area contributed by atoms with Crippen LogP contribution in [-0.4, -0.2) is 50.7 Å². The normalized spacial score (nSPS) is 13.5. The summed E-state index contributed by atoms with van der Waals surface area (Å²) in [6.45, 7) is 0.804. The fraction of sp³-hybridized carbons (Fsp3) is 0.273. The maximum Gasteiger partial charge on any atom is 0.342 e. The highest BCUT2D eigenvalue weighted by Gasteiger charge is 2.21. The molecule has 28 heavy (non-hydrogen) atoms. The number of nitrogens with zero attached hydrogens (tertiary/aromatic N) is 1. The summed E-state index contributed by atoms with van der Waals surface area (Å²) in [6.07, 6.45) is 2.82. The molecule has 0 atom stereocenters. The number of hydrogen-bond donors (Lipinski definition) is 0. The van der Waals surface area contributed by atoms with Crippen molar-refractivity contribution in [2.45, 2.75) is 6.42 Å². The van der Waals surface area contributed by atoms with E-state index >= 15 is 0 Å². The van der Waals surface area contributed by atoms with E-state index in [1.165, 1.54) is 25.4 Å². The lowest BCUT2D eigenvalue weighted by Crippen LogP contribution is -2.37. The van der Waals surface area contributed by atoms with Gasteiger partial charge in [0.05, 0.1) is 14.2 Å². The SMILES string of the molecule is COc1ccc(C(=O)OCC(=O)N2CC=C(c3ccccc3)CC2)c(OC)c1. The fourth-order valence-corrected chi connectivity index (χ4v) is 3.07. The Hall–Kier alpha value is -3.28. The molecular weight excluding hydrogens is 358 g/mol. The lowest BCUT2D eigenvalue weighted by Gasteiger charge is -2.26. The number of methoxy groups -OCH3 is 2. The van der Waals surface area contributed by atoms with Gasteiger partial charge in [0.15, 0.2) is 6.61 Å². The van der Waals surface area contributed by atoms with Gasteiger partial charge in [-0.1, -0.05) is 36.4 Å². The Balaban J connectivity index is 1.56. The van der Waals surface area contributed by atoms with Crippen LogP contribution >= 0.6 is 0 Å². The van der Waals surface area contributed by atoms with Crippen LogP contribution in [0.3, 0.4) is 0 Å². The summed E-state index contributed by atoms with van der Waals surface area (Å²) in [5, 5.41) is 0. The van der Waals surface area contributed by atoms with Crippen molar-refractivity contribution in [2.24, 2.45) is 0 Å². The molecule has 1 amide bonds. The maximum absolute atomic E-state index is 12.4. The van der Waals surface area contributed by atoms with Crippen molar-refractivity contribution in [2.75, 3.05) is 33.9 Å². The van der Waals surface area contributed by atoms with Crippen LogP contribution in [0.2, 0.25) is 0 Å². The minimum atomic E-state index is -0.606. The minimum absolute atomic E-state index is 0.218. The Morgan fingerprint density at radius 2 is 1.82 bits per heavy atom. The van der Waals surface area contributed by atoms with Crippen molar-refractivity contribution in [1.29, 1.82) is 0 Å². The van der Waals surface area contributed by atoms with E-state index in [4.69, 9.17) is 14.2 Å². The van der Waals surface area contributed by atoms with Crippen molar-refractivity contribution >= 4 is 17.4 Å². The molecule has 146 valence electrons. The molecular formula is C22H23NO5. The molecule has 1 aliphatic rings. The molecule has 0 unspecified atom stereocenters. The molecule has 0 aromatic heterocycles. The van der Waals surface area contributed by atoms with Gasteiger partial charge in [-0.15, -0.1) is 0 Å². The number of rotatable bonds is 6. The molecule has 2 aromatic carbocycles. The molecule has 0 radical (unpaired) electrons. The lowest BCUT2D eigenvalue weighted by atomic mass is 10.00. The van der Waals surface area contributed by atoms with Gasteiger partial charge in [-0.2, -0.15) is 0 Å². The zero-order valence-corrected chi connectivity index (χ0v) is 16.0. The van der Waals surface area contributed by atoms with Gasteiger partial charge in [-0.05, 0) is 29.7 Å². The summed E-state index contributed by atoms with van der Waals surface area (Å²) >= 11 is 0. The Labute approximate surface area is 164 Å². The van der Waals surface area contributed by atoms with Gasteiger partial charge < -0.3 is 19.1 Å². The molecule has 0 fully saturated rings. The third-order valence-corrected chi connectivity index (χ3v) is 4.66. The Morgan fingerprint density at radius 3 is 2.46 bits per heavy atom. The van der Waals surface area contributed by atoms with E-state index in [2.05, 4.69) is 12.1 Å². The van der Waals surface area contributed by atoms with Crippen molar-refractivity contribution in [3.63, 3.8) is 0 Å². The second-order valence-corrected chi connectivity index (χ2v) is 6.33. The Kier molecular flexibility index (Phi) is 6.32. The van der Waals surface area contributed by atoms with Crippen molar-refractivity contribution in [3.05, 3.63) is 65.7 Å². The first kappa shape index (κ1) is 19.5. The molecule has 0 spiro atoms. The molecule has 0 N–H and O–H groups in total. The average molecular weight is 381 g/mol. The van der Waals surface area contributed by atoms with Gasteiger partial charge in [-0.3, -0.25) is 4.79 Å². The summed E-state index contributed by atoms with van der Waals surface area (Å²) in [4.78, 5) is 26.4. The van der Waals surface area contributed by atoms with Crippen LogP contribution in [0.1, 0.15) is 22.3 Å². The Morgan fingerprint density at radius 1 is 1.04 bits per heavy atom. The number of carbonyl (C=O) groups is 2. The molecule has 0 aliphatic carbocycles. The quantitative estimate of drug-likeness (QED) is 0.719. The maximum atomic E-state index is 12.4. The second-order valence-electron chi connectivity index (χ2n) is 6.33. The van der Waals surface area contributed by atoms with Crippen LogP contribution in [0.5, 0.6) is 11.5 Å². The topological polar surface area (TPSA) is 65.1 Å². The van der Waals surface area contributed by atoms with E-state index in [0.717, 1.165) is 6.42 Å². The summed E-state index contributed by atoms with van der Waals surface area (Å²) < 4.78 is 15.5. The number of ether oxygens (including phenoxy) is 3. The molecule has 1 aliphatic heterocycles.